The predicted molar refractivity (Wildman–Crippen MR) is 136 cm³/mol. The van der Waals surface area contributed by atoms with E-state index in [4.69, 9.17) is 11.6 Å². The highest BCUT2D eigenvalue weighted by atomic mass is 35.5. The third kappa shape index (κ3) is 5.55. The first-order valence-electron chi connectivity index (χ1n) is 12.3. The Bertz CT molecular complexity index is 1320. The highest BCUT2D eigenvalue weighted by Gasteiger charge is 2.71. The lowest BCUT2D eigenvalue weighted by Gasteiger charge is -2.39. The van der Waals surface area contributed by atoms with Crippen LogP contribution in [0.5, 0.6) is 0 Å². The minimum atomic E-state index is -6.01. The first kappa shape index (κ1) is 30.1. The highest BCUT2D eigenvalue weighted by molar-refractivity contribution is 7.88. The second kappa shape index (κ2) is 10.2. The molecule has 2 aromatic rings. The van der Waals surface area contributed by atoms with Crippen molar-refractivity contribution < 1.29 is 39.9 Å². The molecule has 5 nitrogen and oxygen atoms in total. The number of halogens is 7. The van der Waals surface area contributed by atoms with Gasteiger partial charge in [0.05, 0.1) is 6.26 Å². The van der Waals surface area contributed by atoms with E-state index in [2.05, 4.69) is 4.90 Å². The van der Waals surface area contributed by atoms with E-state index >= 15 is 0 Å². The number of piperazine rings is 1. The van der Waals surface area contributed by atoms with Crippen LogP contribution in [0, 0.1) is 0 Å². The van der Waals surface area contributed by atoms with Crippen LogP contribution in [0.1, 0.15) is 49.3 Å². The Morgan fingerprint density at radius 1 is 0.949 bits per heavy atom. The van der Waals surface area contributed by atoms with Gasteiger partial charge >= 0.3 is 12.4 Å². The second-order valence-electron chi connectivity index (χ2n) is 10.6. The van der Waals surface area contributed by atoms with Crippen molar-refractivity contribution in [3.8, 4) is 11.1 Å². The van der Waals surface area contributed by atoms with Crippen LogP contribution in [-0.2, 0) is 22.2 Å². The van der Waals surface area contributed by atoms with E-state index < -0.39 is 33.5 Å². The molecule has 2 aliphatic rings. The molecule has 2 atom stereocenters. The topological polar surface area (TPSA) is 60.9 Å². The molecule has 2 bridgehead atoms. The molecule has 39 heavy (non-hydrogen) atoms. The van der Waals surface area contributed by atoms with Crippen LogP contribution >= 0.6 is 11.6 Å². The fraction of sp³-hybridized carbons (Fsp3) is 0.538. The Kier molecular flexibility index (Phi) is 7.88. The van der Waals surface area contributed by atoms with Crippen molar-refractivity contribution in [1.82, 2.24) is 9.21 Å². The summed E-state index contributed by atoms with van der Waals surface area (Å²) in [5, 5.41) is 9.37. The van der Waals surface area contributed by atoms with E-state index in [9.17, 15) is 39.9 Å². The van der Waals surface area contributed by atoms with Crippen molar-refractivity contribution in [2.75, 3.05) is 19.3 Å². The molecule has 1 N–H and O–H groups in total. The lowest BCUT2D eigenvalue weighted by Crippen LogP contribution is -2.54. The summed E-state index contributed by atoms with van der Waals surface area (Å²) in [6, 6.07) is 7.48. The number of fused-ring (bicyclic) bond motifs is 2. The number of hydrogen-bond acceptors (Lipinski definition) is 4. The number of likely N-dealkylation sites (tertiary alicyclic amines) is 1. The summed E-state index contributed by atoms with van der Waals surface area (Å²) < 4.78 is 106. The van der Waals surface area contributed by atoms with Gasteiger partial charge in [-0.1, -0.05) is 55.8 Å². The summed E-state index contributed by atoms with van der Waals surface area (Å²) in [7, 11) is -3.29. The van der Waals surface area contributed by atoms with Gasteiger partial charge in [0.2, 0.25) is 10.0 Å². The van der Waals surface area contributed by atoms with E-state index in [1.807, 2.05) is 26.0 Å². The Labute approximate surface area is 228 Å². The summed E-state index contributed by atoms with van der Waals surface area (Å²) >= 11 is 6.22. The van der Waals surface area contributed by atoms with Gasteiger partial charge in [-0.05, 0) is 41.5 Å². The molecule has 0 spiro atoms. The zero-order chi connectivity index (χ0) is 29.1. The summed E-state index contributed by atoms with van der Waals surface area (Å²) in [5.41, 5.74) is -3.96. The SMILES string of the molecule is CC(C)c1cc(CN2CC3CCC(C2)N3S(C)(=O)=O)ccc1-c1ccc(C(O)(C(F)(F)F)C(F)(F)F)cc1Cl. The monoisotopic (exact) mass is 598 g/mol. The number of hydrogen-bond donors (Lipinski definition) is 1. The molecule has 0 amide bonds. The van der Waals surface area contributed by atoms with Crippen LogP contribution in [0.25, 0.3) is 11.1 Å². The largest absolute Gasteiger partial charge is 0.430 e. The molecule has 0 aromatic heterocycles. The first-order valence-corrected chi connectivity index (χ1v) is 14.6. The molecule has 2 saturated heterocycles. The smallest absolute Gasteiger partial charge is 0.369 e. The van der Waals surface area contributed by atoms with Crippen LogP contribution in [0.15, 0.2) is 36.4 Å². The average Bonchev–Trinajstić information content (AvgIpc) is 3.09. The molecule has 4 rings (SSSR count). The summed E-state index contributed by atoms with van der Waals surface area (Å²) in [4.78, 5) is 2.19. The normalized spacial score (nSPS) is 21.6. The molecule has 216 valence electrons. The summed E-state index contributed by atoms with van der Waals surface area (Å²) in [6.45, 7) is 5.56. The molecular weight excluding hydrogens is 570 g/mol. The highest BCUT2D eigenvalue weighted by Crippen LogP contribution is 2.51. The standard InChI is InChI=1S/C26H29ClF6N2O3S/c1-15(2)22-10-16(12-34-13-18-6-7-19(14-34)35(18)39(3,37)38)4-8-20(22)21-9-5-17(11-23(21)27)24(36,25(28,29)30)26(31,32)33/h4-5,8-11,15,18-19,36H,6-7,12-14H2,1-3H3. The predicted octanol–water partition coefficient (Wildman–Crippen LogP) is 6.05. The fourth-order valence-corrected chi connectivity index (χ4v) is 7.47. The van der Waals surface area contributed by atoms with Gasteiger partial charge in [0.15, 0.2) is 0 Å². The van der Waals surface area contributed by atoms with Crippen LogP contribution in [0.2, 0.25) is 5.02 Å². The molecule has 0 aliphatic carbocycles. The van der Waals surface area contributed by atoms with Gasteiger partial charge in [-0.15, -0.1) is 0 Å². The van der Waals surface area contributed by atoms with Crippen LogP contribution < -0.4 is 0 Å². The van der Waals surface area contributed by atoms with Gasteiger partial charge in [-0.25, -0.2) is 8.42 Å². The molecule has 0 radical (unpaired) electrons. The molecule has 0 saturated carbocycles. The lowest BCUT2D eigenvalue weighted by atomic mass is 9.87. The van der Waals surface area contributed by atoms with Gasteiger partial charge < -0.3 is 5.11 Å². The molecule has 2 fully saturated rings. The third-order valence-corrected chi connectivity index (χ3v) is 9.19. The maximum atomic E-state index is 13.3. The summed E-state index contributed by atoms with van der Waals surface area (Å²) in [6.07, 6.45) is -9.18. The summed E-state index contributed by atoms with van der Waals surface area (Å²) in [5.74, 6) is -0.0590. The molecular formula is C26H29ClF6N2O3S. The molecule has 2 aromatic carbocycles. The quantitative estimate of drug-likeness (QED) is 0.411. The Hall–Kier alpha value is -1.86. The van der Waals surface area contributed by atoms with E-state index in [1.165, 1.54) is 6.26 Å². The Morgan fingerprint density at radius 3 is 1.95 bits per heavy atom. The average molecular weight is 599 g/mol. The number of benzene rings is 2. The Balaban J connectivity index is 1.63. The van der Waals surface area contributed by atoms with Crippen molar-refractivity contribution in [2.24, 2.45) is 0 Å². The van der Waals surface area contributed by atoms with E-state index in [0.29, 0.717) is 37.3 Å². The van der Waals surface area contributed by atoms with Gasteiger partial charge in [-0.2, -0.15) is 30.6 Å². The van der Waals surface area contributed by atoms with E-state index in [0.717, 1.165) is 30.0 Å². The van der Waals surface area contributed by atoms with Gasteiger partial charge in [0.25, 0.3) is 5.60 Å². The van der Waals surface area contributed by atoms with Gasteiger partial charge in [0, 0.05) is 47.9 Å². The maximum absolute atomic E-state index is 13.3. The van der Waals surface area contributed by atoms with Crippen molar-refractivity contribution in [3.63, 3.8) is 0 Å². The van der Waals surface area contributed by atoms with E-state index in [1.54, 1.807) is 10.4 Å². The van der Waals surface area contributed by atoms with Gasteiger partial charge in [-0.3, -0.25) is 4.90 Å². The van der Waals surface area contributed by atoms with Crippen LogP contribution in [0.3, 0.4) is 0 Å². The number of rotatable bonds is 6. The van der Waals surface area contributed by atoms with Crippen molar-refractivity contribution in [3.05, 3.63) is 58.1 Å². The third-order valence-electron chi connectivity index (χ3n) is 7.52. The minimum absolute atomic E-state index is 0.0590. The molecule has 2 heterocycles. The Morgan fingerprint density at radius 2 is 1.49 bits per heavy atom. The van der Waals surface area contributed by atoms with Crippen molar-refractivity contribution >= 4 is 21.6 Å². The van der Waals surface area contributed by atoms with Gasteiger partial charge in [0.1, 0.15) is 0 Å². The fourth-order valence-electron chi connectivity index (χ4n) is 5.76. The van der Waals surface area contributed by atoms with Crippen LogP contribution in [-0.4, -0.2) is 66.5 Å². The second-order valence-corrected chi connectivity index (χ2v) is 12.9. The zero-order valence-electron chi connectivity index (χ0n) is 21.4. The molecule has 13 heteroatoms. The number of alkyl halides is 6. The number of sulfonamides is 1. The first-order chi connectivity index (χ1) is 17.8. The van der Waals surface area contributed by atoms with Crippen LogP contribution in [0.4, 0.5) is 26.3 Å². The number of aliphatic hydroxyl groups is 1. The van der Waals surface area contributed by atoms with Crippen molar-refractivity contribution in [1.29, 1.82) is 0 Å². The van der Waals surface area contributed by atoms with E-state index in [-0.39, 0.29) is 28.6 Å². The number of nitrogens with zero attached hydrogens (tertiary/aromatic N) is 2. The zero-order valence-corrected chi connectivity index (χ0v) is 23.0. The molecule has 2 aliphatic heterocycles. The van der Waals surface area contributed by atoms with Crippen molar-refractivity contribution in [2.45, 2.75) is 69.2 Å². The molecule has 2 unspecified atom stereocenters. The minimum Gasteiger partial charge on any atom is -0.369 e. The maximum Gasteiger partial charge on any atom is 0.430 e. The lowest BCUT2D eigenvalue weighted by molar-refractivity contribution is -0.376.